The van der Waals surface area contributed by atoms with E-state index in [2.05, 4.69) is 30.5 Å². The van der Waals surface area contributed by atoms with E-state index in [1.807, 2.05) is 12.1 Å². The quantitative estimate of drug-likeness (QED) is 0.490. The molecule has 0 saturated heterocycles. The van der Waals surface area contributed by atoms with Crippen LogP contribution in [0.25, 0.3) is 0 Å². The second-order valence-corrected chi connectivity index (χ2v) is 8.76. The molecule has 8 nitrogen and oxygen atoms in total. The van der Waals surface area contributed by atoms with Gasteiger partial charge in [0.1, 0.15) is 10.0 Å². The van der Waals surface area contributed by atoms with E-state index in [1.54, 1.807) is 30.6 Å². The normalized spacial score (nSPS) is 11.3. The van der Waals surface area contributed by atoms with Crippen LogP contribution in [0.5, 0.6) is 0 Å². The monoisotopic (exact) mass is 410 g/mol. The molecule has 0 unspecified atom stereocenters. The number of nitrogens with zero attached hydrogens (tertiary/aromatic N) is 3. The molecule has 3 aromatic rings. The molecule has 0 spiro atoms. The van der Waals surface area contributed by atoms with Gasteiger partial charge in [-0.15, -0.1) is 21.5 Å². The van der Waals surface area contributed by atoms with Crippen molar-refractivity contribution >= 4 is 50.3 Å². The molecule has 0 amide bonds. The Morgan fingerprint density at radius 1 is 1.04 bits per heavy atom. The predicted molar refractivity (Wildman–Crippen MR) is 103 cm³/mol. The molecule has 136 valence electrons. The van der Waals surface area contributed by atoms with Gasteiger partial charge in [-0.25, -0.2) is 13.1 Å². The Balaban J connectivity index is 1.46. The van der Waals surface area contributed by atoms with Gasteiger partial charge in [-0.05, 0) is 36.4 Å². The highest BCUT2D eigenvalue weighted by molar-refractivity contribution is 7.91. The van der Waals surface area contributed by atoms with E-state index < -0.39 is 10.0 Å². The molecule has 0 aromatic carbocycles. The Bertz CT molecular complexity index is 948. The van der Waals surface area contributed by atoms with E-state index in [1.165, 1.54) is 6.07 Å². The van der Waals surface area contributed by atoms with Crippen LogP contribution in [0, 0.1) is 0 Å². The Labute approximate surface area is 159 Å². The zero-order valence-electron chi connectivity index (χ0n) is 13.4. The van der Waals surface area contributed by atoms with Gasteiger partial charge < -0.3 is 10.6 Å². The Kier molecular flexibility index (Phi) is 5.99. The maximum absolute atomic E-state index is 12.0. The van der Waals surface area contributed by atoms with Gasteiger partial charge in [0.25, 0.3) is 0 Å². The highest BCUT2D eigenvalue weighted by atomic mass is 35.5. The van der Waals surface area contributed by atoms with Gasteiger partial charge in [0, 0.05) is 19.3 Å². The minimum absolute atomic E-state index is 0.188. The molecule has 0 atom stereocenters. The van der Waals surface area contributed by atoms with Crippen LogP contribution in [0.2, 0.25) is 4.34 Å². The van der Waals surface area contributed by atoms with Gasteiger partial charge in [0.05, 0.1) is 16.2 Å². The average Bonchev–Trinajstić information content (AvgIpc) is 3.08. The summed E-state index contributed by atoms with van der Waals surface area (Å²) in [6.07, 6.45) is 3.37. The first-order chi connectivity index (χ1) is 12.5. The lowest BCUT2D eigenvalue weighted by atomic mass is 10.4. The Hall–Kier alpha value is -2.27. The predicted octanol–water partition coefficient (Wildman–Crippen LogP) is 2.72. The van der Waals surface area contributed by atoms with E-state index >= 15 is 0 Å². The first kappa shape index (κ1) is 18.5. The summed E-state index contributed by atoms with van der Waals surface area (Å²) in [7, 11) is -3.54. The molecule has 11 heteroatoms. The third-order valence-corrected chi connectivity index (χ3v) is 6.32. The van der Waals surface area contributed by atoms with Crippen LogP contribution >= 0.6 is 22.9 Å². The van der Waals surface area contributed by atoms with Crippen molar-refractivity contribution in [3.63, 3.8) is 0 Å². The summed E-state index contributed by atoms with van der Waals surface area (Å²) in [5.41, 5.74) is 0.811. The third-order valence-electron chi connectivity index (χ3n) is 3.14. The van der Waals surface area contributed by atoms with Gasteiger partial charge in [-0.2, -0.15) is 0 Å². The lowest BCUT2D eigenvalue weighted by molar-refractivity contribution is 0.585. The fraction of sp³-hybridized carbons (Fsp3) is 0.133. The largest absolute Gasteiger partial charge is 0.367 e. The maximum Gasteiger partial charge on any atom is 0.250 e. The summed E-state index contributed by atoms with van der Waals surface area (Å²) in [6.45, 7) is 0.567. The van der Waals surface area contributed by atoms with Crippen LogP contribution in [-0.4, -0.2) is 36.7 Å². The van der Waals surface area contributed by atoms with E-state index in [-0.39, 0.29) is 10.8 Å². The summed E-state index contributed by atoms with van der Waals surface area (Å²) in [6, 6.07) is 10.2. The van der Waals surface area contributed by atoms with Crippen LogP contribution in [0.3, 0.4) is 0 Å². The molecule has 3 aromatic heterocycles. The van der Waals surface area contributed by atoms with Gasteiger partial charge in [-0.3, -0.25) is 4.98 Å². The van der Waals surface area contributed by atoms with Crippen molar-refractivity contribution in [2.75, 3.05) is 23.7 Å². The molecule has 0 aliphatic carbocycles. The number of nitrogens with one attached hydrogen (secondary N) is 3. The first-order valence-electron chi connectivity index (χ1n) is 7.52. The smallest absolute Gasteiger partial charge is 0.250 e. The molecule has 0 aliphatic heterocycles. The minimum atomic E-state index is -3.54. The van der Waals surface area contributed by atoms with E-state index in [0.29, 0.717) is 22.5 Å². The van der Waals surface area contributed by atoms with Crippen LogP contribution in [0.15, 0.2) is 53.0 Å². The van der Waals surface area contributed by atoms with Crippen molar-refractivity contribution in [2.45, 2.75) is 4.21 Å². The zero-order chi connectivity index (χ0) is 18.4. The van der Waals surface area contributed by atoms with Gasteiger partial charge in [0.15, 0.2) is 5.82 Å². The summed E-state index contributed by atoms with van der Waals surface area (Å²) in [5.74, 6) is 1.12. The van der Waals surface area contributed by atoms with Crippen molar-refractivity contribution in [1.82, 2.24) is 19.9 Å². The fourth-order valence-electron chi connectivity index (χ4n) is 1.97. The second kappa shape index (κ2) is 8.41. The third kappa shape index (κ3) is 5.11. The number of anilines is 3. The van der Waals surface area contributed by atoms with E-state index in [9.17, 15) is 8.42 Å². The molecule has 0 saturated carbocycles. The van der Waals surface area contributed by atoms with Crippen molar-refractivity contribution in [3.8, 4) is 0 Å². The van der Waals surface area contributed by atoms with E-state index in [0.717, 1.165) is 17.0 Å². The van der Waals surface area contributed by atoms with Crippen molar-refractivity contribution < 1.29 is 8.42 Å². The summed E-state index contributed by atoms with van der Waals surface area (Å²) < 4.78 is 27.2. The highest BCUT2D eigenvalue weighted by Crippen LogP contribution is 2.25. The van der Waals surface area contributed by atoms with Gasteiger partial charge in [0.2, 0.25) is 10.0 Å². The molecular formula is C15H15ClN6O2S2. The molecule has 0 aliphatic rings. The molecule has 3 heterocycles. The van der Waals surface area contributed by atoms with Crippen LogP contribution in [-0.2, 0) is 10.0 Å². The van der Waals surface area contributed by atoms with E-state index in [4.69, 9.17) is 11.6 Å². The number of hydrogen-bond acceptors (Lipinski definition) is 8. The Morgan fingerprint density at radius 2 is 1.85 bits per heavy atom. The lowest BCUT2D eigenvalue weighted by Crippen LogP contribution is -2.28. The highest BCUT2D eigenvalue weighted by Gasteiger charge is 2.15. The number of hydrogen-bond donors (Lipinski definition) is 3. The second-order valence-electron chi connectivity index (χ2n) is 5.05. The van der Waals surface area contributed by atoms with Crippen molar-refractivity contribution in [3.05, 3.63) is 53.1 Å². The van der Waals surface area contributed by atoms with Crippen molar-refractivity contribution in [2.24, 2.45) is 0 Å². The van der Waals surface area contributed by atoms with Crippen LogP contribution < -0.4 is 15.4 Å². The topological polar surface area (TPSA) is 109 Å². The first-order valence-corrected chi connectivity index (χ1v) is 10.2. The lowest BCUT2D eigenvalue weighted by Gasteiger charge is -2.08. The number of pyridine rings is 1. The standard InChI is InChI=1S/C15H15ClN6O2S2/c16-12-3-6-15(25-12)26(23,24)19-9-8-18-13-4-5-14(22-21-13)20-11-2-1-7-17-10-11/h1-7,10,19H,8-9H2,(H,18,21)(H,20,22). The Morgan fingerprint density at radius 3 is 2.50 bits per heavy atom. The molecule has 0 radical (unpaired) electrons. The van der Waals surface area contributed by atoms with Gasteiger partial charge >= 0.3 is 0 Å². The number of sulfonamides is 1. The fourth-order valence-corrected chi connectivity index (χ4v) is 4.53. The molecule has 26 heavy (non-hydrogen) atoms. The number of aromatic nitrogens is 3. The van der Waals surface area contributed by atoms with Crippen LogP contribution in [0.4, 0.5) is 17.3 Å². The molecule has 0 fully saturated rings. The van der Waals surface area contributed by atoms with Gasteiger partial charge in [-0.1, -0.05) is 11.6 Å². The van der Waals surface area contributed by atoms with Crippen LogP contribution in [0.1, 0.15) is 0 Å². The molecular weight excluding hydrogens is 396 g/mol. The SMILES string of the molecule is O=S(=O)(NCCNc1ccc(Nc2cccnc2)nn1)c1ccc(Cl)s1. The number of halogens is 1. The summed E-state index contributed by atoms with van der Waals surface area (Å²) >= 11 is 6.77. The van der Waals surface area contributed by atoms with Crippen molar-refractivity contribution in [1.29, 1.82) is 0 Å². The average molecular weight is 411 g/mol. The summed E-state index contributed by atoms with van der Waals surface area (Å²) in [4.78, 5) is 4.01. The molecule has 0 bridgehead atoms. The summed E-state index contributed by atoms with van der Waals surface area (Å²) in [5, 5.41) is 14.2. The molecule has 3 N–H and O–H groups in total. The number of rotatable bonds is 8. The minimum Gasteiger partial charge on any atom is -0.367 e. The number of thiophene rings is 1. The molecule has 3 rings (SSSR count). The maximum atomic E-state index is 12.0. The zero-order valence-corrected chi connectivity index (χ0v) is 15.8.